The SMILES string of the molecule is N[C@@H]1CN(C(=O)CSc2ccccc2Cl)C[C@H]1c1ccccc1. The van der Waals surface area contributed by atoms with E-state index >= 15 is 0 Å². The fourth-order valence-electron chi connectivity index (χ4n) is 2.88. The van der Waals surface area contributed by atoms with Gasteiger partial charge in [-0.2, -0.15) is 0 Å². The molecule has 0 unspecified atom stereocenters. The average molecular weight is 347 g/mol. The fraction of sp³-hybridized carbons (Fsp3) is 0.278. The molecule has 2 atom stereocenters. The van der Waals surface area contributed by atoms with Crippen molar-refractivity contribution in [2.45, 2.75) is 16.9 Å². The molecule has 1 aliphatic heterocycles. The van der Waals surface area contributed by atoms with E-state index in [0.29, 0.717) is 23.9 Å². The van der Waals surface area contributed by atoms with Gasteiger partial charge in [0, 0.05) is 29.9 Å². The Balaban J connectivity index is 1.60. The number of carbonyl (C=O) groups excluding carboxylic acids is 1. The van der Waals surface area contributed by atoms with Crippen molar-refractivity contribution in [2.75, 3.05) is 18.8 Å². The molecule has 0 bridgehead atoms. The van der Waals surface area contributed by atoms with Crippen LogP contribution in [0.4, 0.5) is 0 Å². The lowest BCUT2D eigenvalue weighted by molar-refractivity contribution is -0.127. The number of carbonyl (C=O) groups is 1. The van der Waals surface area contributed by atoms with Crippen LogP contribution < -0.4 is 5.73 Å². The lowest BCUT2D eigenvalue weighted by Gasteiger charge is -2.16. The quantitative estimate of drug-likeness (QED) is 0.863. The van der Waals surface area contributed by atoms with Crippen LogP contribution in [0.3, 0.4) is 0 Å². The van der Waals surface area contributed by atoms with Crippen molar-refractivity contribution in [3.8, 4) is 0 Å². The largest absolute Gasteiger partial charge is 0.340 e. The average Bonchev–Trinajstić information content (AvgIpc) is 2.96. The number of hydrogen-bond donors (Lipinski definition) is 1. The van der Waals surface area contributed by atoms with Gasteiger partial charge in [0.05, 0.1) is 10.8 Å². The maximum atomic E-state index is 12.5. The topological polar surface area (TPSA) is 46.3 Å². The number of halogens is 1. The van der Waals surface area contributed by atoms with Gasteiger partial charge >= 0.3 is 0 Å². The first-order valence-corrected chi connectivity index (χ1v) is 8.97. The van der Waals surface area contributed by atoms with Gasteiger partial charge < -0.3 is 10.6 Å². The van der Waals surface area contributed by atoms with Crippen molar-refractivity contribution in [3.63, 3.8) is 0 Å². The van der Waals surface area contributed by atoms with Crippen LogP contribution in [0.2, 0.25) is 5.02 Å². The summed E-state index contributed by atoms with van der Waals surface area (Å²) >= 11 is 7.60. The zero-order valence-corrected chi connectivity index (χ0v) is 14.3. The number of nitrogens with zero attached hydrogens (tertiary/aromatic N) is 1. The van der Waals surface area contributed by atoms with E-state index in [1.165, 1.54) is 17.3 Å². The highest BCUT2D eigenvalue weighted by Gasteiger charge is 2.33. The van der Waals surface area contributed by atoms with E-state index in [9.17, 15) is 4.79 Å². The minimum Gasteiger partial charge on any atom is -0.340 e. The van der Waals surface area contributed by atoms with Crippen molar-refractivity contribution >= 4 is 29.3 Å². The molecule has 1 saturated heterocycles. The van der Waals surface area contributed by atoms with Gasteiger partial charge in [-0.15, -0.1) is 11.8 Å². The second-order valence-corrected chi connectivity index (χ2v) is 7.12. The zero-order chi connectivity index (χ0) is 16.2. The predicted molar refractivity (Wildman–Crippen MR) is 95.9 cm³/mol. The van der Waals surface area contributed by atoms with Crippen LogP contribution >= 0.6 is 23.4 Å². The van der Waals surface area contributed by atoms with Gasteiger partial charge in [-0.1, -0.05) is 54.1 Å². The molecule has 3 rings (SSSR count). The summed E-state index contributed by atoms with van der Waals surface area (Å²) in [4.78, 5) is 15.3. The van der Waals surface area contributed by atoms with Gasteiger partial charge in [0.25, 0.3) is 0 Å². The van der Waals surface area contributed by atoms with Crippen LogP contribution in [-0.4, -0.2) is 35.7 Å². The number of rotatable bonds is 4. The Morgan fingerprint density at radius 1 is 1.13 bits per heavy atom. The highest BCUT2D eigenvalue weighted by molar-refractivity contribution is 8.00. The normalized spacial score (nSPS) is 20.7. The first kappa shape index (κ1) is 16.4. The summed E-state index contributed by atoms with van der Waals surface area (Å²) in [5, 5.41) is 0.686. The van der Waals surface area contributed by atoms with E-state index in [4.69, 9.17) is 17.3 Å². The van der Waals surface area contributed by atoms with Gasteiger partial charge in [0.1, 0.15) is 0 Å². The van der Waals surface area contributed by atoms with Crippen molar-refractivity contribution in [1.82, 2.24) is 4.90 Å². The molecule has 0 radical (unpaired) electrons. The molecule has 23 heavy (non-hydrogen) atoms. The third-order valence-electron chi connectivity index (χ3n) is 4.13. The number of likely N-dealkylation sites (tertiary alicyclic amines) is 1. The minimum absolute atomic E-state index is 0.00772. The molecule has 2 N–H and O–H groups in total. The molecule has 1 aliphatic rings. The summed E-state index contributed by atoms with van der Waals surface area (Å²) in [5.41, 5.74) is 7.45. The number of benzene rings is 2. The molecule has 5 heteroatoms. The molecule has 2 aromatic carbocycles. The monoisotopic (exact) mass is 346 g/mol. The summed E-state index contributed by atoms with van der Waals surface area (Å²) in [5.74, 6) is 0.715. The van der Waals surface area contributed by atoms with Crippen LogP contribution in [0.5, 0.6) is 0 Å². The summed E-state index contributed by atoms with van der Waals surface area (Å²) < 4.78 is 0. The van der Waals surface area contributed by atoms with Gasteiger partial charge in [0.15, 0.2) is 0 Å². The van der Waals surface area contributed by atoms with Gasteiger partial charge in [-0.05, 0) is 17.7 Å². The first-order chi connectivity index (χ1) is 11.1. The summed E-state index contributed by atoms with van der Waals surface area (Å²) in [6.07, 6.45) is 0. The Labute approximate surface area is 145 Å². The fourth-order valence-corrected chi connectivity index (χ4v) is 4.02. The van der Waals surface area contributed by atoms with E-state index in [1.807, 2.05) is 47.4 Å². The minimum atomic E-state index is -0.00772. The van der Waals surface area contributed by atoms with Crippen molar-refractivity contribution in [2.24, 2.45) is 5.73 Å². The van der Waals surface area contributed by atoms with E-state index in [-0.39, 0.29) is 17.9 Å². The molecule has 0 spiro atoms. The Bertz CT molecular complexity index is 680. The lowest BCUT2D eigenvalue weighted by atomic mass is 9.95. The number of nitrogens with two attached hydrogens (primary N) is 1. The molecule has 0 aliphatic carbocycles. The number of amides is 1. The molecule has 1 fully saturated rings. The number of hydrogen-bond acceptors (Lipinski definition) is 3. The molecule has 2 aromatic rings. The first-order valence-electron chi connectivity index (χ1n) is 7.61. The maximum absolute atomic E-state index is 12.5. The molecule has 120 valence electrons. The smallest absolute Gasteiger partial charge is 0.233 e. The van der Waals surface area contributed by atoms with Gasteiger partial charge in [-0.25, -0.2) is 0 Å². The van der Waals surface area contributed by atoms with E-state index in [1.54, 1.807) is 0 Å². The van der Waals surface area contributed by atoms with Crippen LogP contribution in [0.25, 0.3) is 0 Å². The van der Waals surface area contributed by atoms with E-state index in [2.05, 4.69) is 12.1 Å². The third-order valence-corrected chi connectivity index (χ3v) is 5.63. The van der Waals surface area contributed by atoms with E-state index in [0.717, 1.165) is 4.90 Å². The highest BCUT2D eigenvalue weighted by atomic mass is 35.5. The highest BCUT2D eigenvalue weighted by Crippen LogP contribution is 2.29. The Morgan fingerprint density at radius 2 is 1.83 bits per heavy atom. The van der Waals surface area contributed by atoms with Crippen LogP contribution in [0.15, 0.2) is 59.5 Å². The van der Waals surface area contributed by atoms with Crippen LogP contribution in [0, 0.1) is 0 Å². The van der Waals surface area contributed by atoms with Crippen molar-refractivity contribution in [1.29, 1.82) is 0 Å². The summed E-state index contributed by atoms with van der Waals surface area (Å²) in [6.45, 7) is 1.30. The van der Waals surface area contributed by atoms with Gasteiger partial charge in [-0.3, -0.25) is 4.79 Å². The molecule has 0 saturated carbocycles. The summed E-state index contributed by atoms with van der Waals surface area (Å²) in [7, 11) is 0. The lowest BCUT2D eigenvalue weighted by Crippen LogP contribution is -2.33. The molecular weight excluding hydrogens is 328 g/mol. The number of thioether (sulfide) groups is 1. The third kappa shape index (κ3) is 3.89. The summed E-state index contributed by atoms with van der Waals surface area (Å²) in [6, 6.07) is 17.8. The van der Waals surface area contributed by atoms with Crippen molar-refractivity contribution < 1.29 is 4.79 Å². The van der Waals surface area contributed by atoms with Crippen LogP contribution in [0.1, 0.15) is 11.5 Å². The predicted octanol–water partition coefficient (Wildman–Crippen LogP) is 3.39. The molecule has 1 amide bonds. The second kappa shape index (κ2) is 7.39. The zero-order valence-electron chi connectivity index (χ0n) is 12.7. The van der Waals surface area contributed by atoms with Crippen LogP contribution in [-0.2, 0) is 4.79 Å². The van der Waals surface area contributed by atoms with E-state index < -0.39 is 0 Å². The Hall–Kier alpha value is -1.49. The second-order valence-electron chi connectivity index (χ2n) is 5.70. The Kier molecular flexibility index (Phi) is 5.26. The Morgan fingerprint density at radius 3 is 2.57 bits per heavy atom. The van der Waals surface area contributed by atoms with Gasteiger partial charge in [0.2, 0.25) is 5.91 Å². The molecule has 1 heterocycles. The molecule has 3 nitrogen and oxygen atoms in total. The van der Waals surface area contributed by atoms with Crippen molar-refractivity contribution in [3.05, 3.63) is 65.2 Å². The molecular formula is C18H19ClN2OS. The molecule has 0 aromatic heterocycles. The standard InChI is InChI=1S/C18H19ClN2OS/c19-15-8-4-5-9-17(15)23-12-18(22)21-10-14(16(20)11-21)13-6-2-1-3-7-13/h1-9,14,16H,10-12,20H2/t14-,16+/m0/s1. The maximum Gasteiger partial charge on any atom is 0.233 e.